The van der Waals surface area contributed by atoms with Crippen LogP contribution in [0.2, 0.25) is 0 Å². The highest BCUT2D eigenvalue weighted by molar-refractivity contribution is 7.12. The summed E-state index contributed by atoms with van der Waals surface area (Å²) >= 11 is 1.53. The number of hydrogen-bond acceptors (Lipinski definition) is 5. The summed E-state index contributed by atoms with van der Waals surface area (Å²) in [5.41, 5.74) is 8.25. The maximum atomic E-state index is 12.9. The molecule has 1 aliphatic heterocycles. The lowest BCUT2D eigenvalue weighted by molar-refractivity contribution is -0.113. The van der Waals surface area contributed by atoms with Crippen molar-refractivity contribution in [2.45, 2.75) is 19.9 Å². The minimum Gasteiger partial charge on any atom is -0.398 e. The maximum absolute atomic E-state index is 12.9. The van der Waals surface area contributed by atoms with Crippen LogP contribution in [-0.2, 0) is 4.79 Å². The molecule has 0 fully saturated rings. The van der Waals surface area contributed by atoms with E-state index >= 15 is 0 Å². The van der Waals surface area contributed by atoms with E-state index in [0.29, 0.717) is 28.2 Å². The summed E-state index contributed by atoms with van der Waals surface area (Å²) in [4.78, 5) is 26.8. The van der Waals surface area contributed by atoms with Gasteiger partial charge in [-0.25, -0.2) is 4.79 Å². The molecule has 3 rings (SSSR count). The van der Waals surface area contributed by atoms with E-state index in [0.717, 1.165) is 16.0 Å². The van der Waals surface area contributed by atoms with Gasteiger partial charge in [0.05, 0.1) is 11.6 Å². The van der Waals surface area contributed by atoms with Gasteiger partial charge in [-0.1, -0.05) is 0 Å². The summed E-state index contributed by atoms with van der Waals surface area (Å²) < 4.78 is 0. The SMILES string of the molecule is CC1=C(C(=O)Nc2ccc(N)c(C=N)c2)C(c2ccc(C)s2)NC(=O)N1. The number of nitrogens with two attached hydrogens (primary N) is 1. The second-order valence-corrected chi connectivity index (χ2v) is 7.28. The third kappa shape index (κ3) is 3.45. The smallest absolute Gasteiger partial charge is 0.319 e. The van der Waals surface area contributed by atoms with Crippen molar-refractivity contribution in [1.29, 1.82) is 5.41 Å². The molecule has 0 saturated carbocycles. The van der Waals surface area contributed by atoms with Gasteiger partial charge in [0.2, 0.25) is 0 Å². The highest BCUT2D eigenvalue weighted by Gasteiger charge is 2.32. The molecular formula is C18H19N5O2S. The Morgan fingerprint density at radius 1 is 1.31 bits per heavy atom. The molecular weight excluding hydrogens is 350 g/mol. The average molecular weight is 369 g/mol. The minimum absolute atomic E-state index is 0.327. The molecule has 0 spiro atoms. The van der Waals surface area contributed by atoms with Crippen molar-refractivity contribution in [1.82, 2.24) is 10.6 Å². The largest absolute Gasteiger partial charge is 0.398 e. The lowest BCUT2D eigenvalue weighted by Gasteiger charge is -2.27. The standard InChI is InChI=1S/C18H19N5O2S/c1-9-3-6-14(26-9)16-15(10(2)21-18(25)23-16)17(24)22-12-4-5-13(20)11(7-12)8-19/h3-8,16,19H,20H2,1-2H3,(H,22,24)(H2,21,23,25). The number of hydrogen-bond donors (Lipinski definition) is 5. The van der Waals surface area contributed by atoms with Crippen LogP contribution in [0.4, 0.5) is 16.2 Å². The van der Waals surface area contributed by atoms with Crippen molar-refractivity contribution < 1.29 is 9.59 Å². The van der Waals surface area contributed by atoms with E-state index in [1.807, 2.05) is 19.1 Å². The van der Waals surface area contributed by atoms with Gasteiger partial charge in [-0.3, -0.25) is 4.79 Å². The molecule has 1 atom stereocenters. The lowest BCUT2D eigenvalue weighted by Crippen LogP contribution is -2.45. The number of thiophene rings is 1. The van der Waals surface area contributed by atoms with Gasteiger partial charge in [0, 0.05) is 38.6 Å². The molecule has 0 aliphatic carbocycles. The van der Waals surface area contributed by atoms with Crippen molar-refractivity contribution >= 4 is 40.9 Å². The normalized spacial score (nSPS) is 16.7. The number of rotatable bonds is 4. The number of nitrogen functional groups attached to an aromatic ring is 1. The summed E-state index contributed by atoms with van der Waals surface area (Å²) in [7, 11) is 0. The van der Waals surface area contributed by atoms with E-state index in [1.54, 1.807) is 25.1 Å². The van der Waals surface area contributed by atoms with Crippen LogP contribution < -0.4 is 21.7 Å². The number of carbonyl (C=O) groups is 2. The Kier molecular flexibility index (Phi) is 4.77. The number of benzene rings is 1. The first kappa shape index (κ1) is 17.7. The summed E-state index contributed by atoms with van der Waals surface area (Å²) in [5, 5.41) is 15.7. The predicted octanol–water partition coefficient (Wildman–Crippen LogP) is 2.90. The summed E-state index contributed by atoms with van der Waals surface area (Å²) in [6.07, 6.45) is 1.13. The number of carbonyl (C=O) groups excluding carboxylic acids is 2. The van der Waals surface area contributed by atoms with Crippen LogP contribution in [0.5, 0.6) is 0 Å². The van der Waals surface area contributed by atoms with Crippen LogP contribution in [-0.4, -0.2) is 18.2 Å². The Bertz CT molecular complexity index is 931. The predicted molar refractivity (Wildman–Crippen MR) is 104 cm³/mol. The third-order valence-corrected chi connectivity index (χ3v) is 5.13. The van der Waals surface area contributed by atoms with Gasteiger partial charge < -0.3 is 27.1 Å². The molecule has 1 aromatic carbocycles. The van der Waals surface area contributed by atoms with E-state index in [2.05, 4.69) is 16.0 Å². The van der Waals surface area contributed by atoms with E-state index in [1.165, 1.54) is 11.3 Å². The molecule has 3 amide bonds. The number of aryl methyl sites for hydroxylation is 1. The second kappa shape index (κ2) is 7.01. The second-order valence-electron chi connectivity index (χ2n) is 5.96. The number of nitrogens with one attached hydrogen (secondary N) is 4. The molecule has 1 unspecified atom stereocenters. The lowest BCUT2D eigenvalue weighted by atomic mass is 10.0. The Hall–Kier alpha value is -3.13. The first-order chi connectivity index (χ1) is 12.4. The molecule has 0 saturated heterocycles. The van der Waals surface area contributed by atoms with Crippen LogP contribution in [0.25, 0.3) is 0 Å². The Morgan fingerprint density at radius 2 is 2.08 bits per heavy atom. The average Bonchev–Trinajstić information content (AvgIpc) is 3.02. The third-order valence-electron chi connectivity index (χ3n) is 4.06. The summed E-state index contributed by atoms with van der Waals surface area (Å²) in [5.74, 6) is -0.327. The van der Waals surface area contributed by atoms with Gasteiger partial charge in [-0.15, -0.1) is 11.3 Å². The number of anilines is 2. The molecule has 134 valence electrons. The fraction of sp³-hybridized carbons (Fsp3) is 0.167. The fourth-order valence-electron chi connectivity index (χ4n) is 2.79. The number of urea groups is 1. The highest BCUT2D eigenvalue weighted by atomic mass is 32.1. The van der Waals surface area contributed by atoms with E-state index in [-0.39, 0.29) is 11.9 Å². The van der Waals surface area contributed by atoms with Crippen LogP contribution in [0, 0.1) is 12.3 Å². The Morgan fingerprint density at radius 3 is 2.73 bits per heavy atom. The molecule has 0 radical (unpaired) electrons. The zero-order valence-electron chi connectivity index (χ0n) is 14.3. The van der Waals surface area contributed by atoms with Gasteiger partial charge in [-0.05, 0) is 44.2 Å². The van der Waals surface area contributed by atoms with Crippen LogP contribution in [0.3, 0.4) is 0 Å². The molecule has 2 aromatic rings. The van der Waals surface area contributed by atoms with Crippen LogP contribution >= 0.6 is 11.3 Å². The van der Waals surface area contributed by atoms with Crippen molar-refractivity contribution in [3.05, 3.63) is 56.9 Å². The van der Waals surface area contributed by atoms with E-state index < -0.39 is 6.04 Å². The van der Waals surface area contributed by atoms with E-state index in [9.17, 15) is 9.59 Å². The van der Waals surface area contributed by atoms with Gasteiger partial charge in [-0.2, -0.15) is 0 Å². The van der Waals surface area contributed by atoms with Crippen LogP contribution in [0.1, 0.15) is 28.3 Å². The molecule has 2 heterocycles. The van der Waals surface area contributed by atoms with Crippen LogP contribution in [0.15, 0.2) is 41.6 Å². The summed E-state index contributed by atoms with van der Waals surface area (Å²) in [6, 6.07) is 7.96. The molecule has 1 aliphatic rings. The molecule has 26 heavy (non-hydrogen) atoms. The Labute approximate surface area is 154 Å². The Balaban J connectivity index is 1.93. The zero-order chi connectivity index (χ0) is 18.8. The monoisotopic (exact) mass is 369 g/mol. The summed E-state index contributed by atoms with van der Waals surface area (Å²) in [6.45, 7) is 3.67. The topological polar surface area (TPSA) is 120 Å². The first-order valence-corrected chi connectivity index (χ1v) is 8.76. The molecule has 1 aromatic heterocycles. The quantitative estimate of drug-likeness (QED) is 0.421. The molecule has 0 bridgehead atoms. The fourth-order valence-corrected chi connectivity index (χ4v) is 3.73. The van der Waals surface area contributed by atoms with Crippen molar-refractivity contribution in [3.63, 3.8) is 0 Å². The first-order valence-electron chi connectivity index (χ1n) is 7.95. The van der Waals surface area contributed by atoms with Crippen molar-refractivity contribution in [2.75, 3.05) is 11.1 Å². The molecule has 6 N–H and O–H groups in total. The van der Waals surface area contributed by atoms with Crippen molar-refractivity contribution in [2.24, 2.45) is 0 Å². The van der Waals surface area contributed by atoms with Gasteiger partial charge in [0.1, 0.15) is 0 Å². The van der Waals surface area contributed by atoms with Gasteiger partial charge in [0.15, 0.2) is 0 Å². The highest BCUT2D eigenvalue weighted by Crippen LogP contribution is 2.32. The van der Waals surface area contributed by atoms with Crippen molar-refractivity contribution in [3.8, 4) is 0 Å². The van der Waals surface area contributed by atoms with Gasteiger partial charge >= 0.3 is 6.03 Å². The van der Waals surface area contributed by atoms with Gasteiger partial charge in [0.25, 0.3) is 5.91 Å². The van der Waals surface area contributed by atoms with E-state index in [4.69, 9.17) is 11.1 Å². The molecule has 7 nitrogen and oxygen atoms in total. The maximum Gasteiger partial charge on any atom is 0.319 e. The minimum atomic E-state index is -0.515. The number of allylic oxidation sites excluding steroid dienone is 1. The molecule has 8 heteroatoms. The number of amides is 3. The zero-order valence-corrected chi connectivity index (χ0v) is 15.2.